The summed E-state index contributed by atoms with van der Waals surface area (Å²) in [6.07, 6.45) is 1.01. The van der Waals surface area contributed by atoms with Crippen LogP contribution < -0.4 is 10.1 Å². The first-order chi connectivity index (χ1) is 9.29. The second-order valence-corrected chi connectivity index (χ2v) is 4.36. The van der Waals surface area contributed by atoms with Crippen LogP contribution in [0.3, 0.4) is 0 Å². The maximum absolute atomic E-state index is 9.67. The first-order valence-corrected chi connectivity index (χ1v) is 6.53. The third-order valence-electron chi connectivity index (χ3n) is 2.80. The first kappa shape index (κ1) is 13.3. The molecule has 0 aliphatic carbocycles. The minimum Gasteiger partial charge on any atom is -0.508 e. The Morgan fingerprint density at radius 3 is 2.47 bits per heavy atom. The monoisotopic (exact) mass is 257 g/mol. The van der Waals surface area contributed by atoms with Crippen molar-refractivity contribution in [1.82, 2.24) is 0 Å². The van der Waals surface area contributed by atoms with E-state index < -0.39 is 0 Å². The van der Waals surface area contributed by atoms with Crippen LogP contribution in [0.1, 0.15) is 18.9 Å². The first-order valence-electron chi connectivity index (χ1n) is 6.53. The SMILES string of the molecule is CCCOc1ccc(NCc2ccccc2O)cc1. The molecule has 0 fully saturated rings. The molecule has 0 unspecified atom stereocenters. The molecule has 3 heteroatoms. The van der Waals surface area contributed by atoms with Crippen molar-refractivity contribution in [2.45, 2.75) is 19.9 Å². The van der Waals surface area contributed by atoms with Crippen LogP contribution in [0.25, 0.3) is 0 Å². The van der Waals surface area contributed by atoms with Crippen LogP contribution in [0.2, 0.25) is 0 Å². The van der Waals surface area contributed by atoms with Crippen LogP contribution in [0.15, 0.2) is 48.5 Å². The standard InChI is InChI=1S/C16H19NO2/c1-2-11-19-15-9-7-14(8-10-15)17-12-13-5-3-4-6-16(13)18/h3-10,17-18H,2,11-12H2,1H3. The van der Waals surface area contributed by atoms with Gasteiger partial charge in [0.15, 0.2) is 0 Å². The van der Waals surface area contributed by atoms with Crippen molar-refractivity contribution in [1.29, 1.82) is 0 Å². The molecule has 19 heavy (non-hydrogen) atoms. The molecule has 0 aromatic heterocycles. The lowest BCUT2D eigenvalue weighted by Crippen LogP contribution is -2.00. The highest BCUT2D eigenvalue weighted by Gasteiger charge is 1.99. The third-order valence-corrected chi connectivity index (χ3v) is 2.80. The van der Waals surface area contributed by atoms with Crippen LogP contribution in [0.5, 0.6) is 11.5 Å². The number of phenols is 1. The lowest BCUT2D eigenvalue weighted by Gasteiger charge is -2.09. The fourth-order valence-electron chi connectivity index (χ4n) is 1.75. The Morgan fingerprint density at radius 1 is 1.05 bits per heavy atom. The van der Waals surface area contributed by atoms with Gasteiger partial charge in [-0.3, -0.25) is 0 Å². The second kappa shape index (κ2) is 6.69. The van der Waals surface area contributed by atoms with Gasteiger partial charge in [0.25, 0.3) is 0 Å². The van der Waals surface area contributed by atoms with Gasteiger partial charge in [-0.2, -0.15) is 0 Å². The molecule has 2 rings (SSSR count). The van der Waals surface area contributed by atoms with Crippen molar-refractivity contribution in [3.05, 3.63) is 54.1 Å². The Balaban J connectivity index is 1.91. The van der Waals surface area contributed by atoms with Crippen LogP contribution in [-0.4, -0.2) is 11.7 Å². The van der Waals surface area contributed by atoms with E-state index in [1.165, 1.54) is 0 Å². The zero-order valence-electron chi connectivity index (χ0n) is 11.1. The molecule has 0 heterocycles. The average Bonchev–Trinajstić information content (AvgIpc) is 2.45. The number of hydrogen-bond donors (Lipinski definition) is 2. The quantitative estimate of drug-likeness (QED) is 0.827. The summed E-state index contributed by atoms with van der Waals surface area (Å²) in [4.78, 5) is 0. The Morgan fingerprint density at radius 2 is 1.79 bits per heavy atom. The molecule has 2 N–H and O–H groups in total. The zero-order valence-corrected chi connectivity index (χ0v) is 11.1. The van der Waals surface area contributed by atoms with Gasteiger partial charge in [-0.15, -0.1) is 0 Å². The summed E-state index contributed by atoms with van der Waals surface area (Å²) in [5, 5.41) is 12.9. The van der Waals surface area contributed by atoms with Gasteiger partial charge < -0.3 is 15.2 Å². The minimum atomic E-state index is 0.317. The molecule has 100 valence electrons. The molecule has 0 radical (unpaired) electrons. The Hall–Kier alpha value is -2.16. The lowest BCUT2D eigenvalue weighted by atomic mass is 10.2. The Bertz CT molecular complexity index is 508. The molecule has 0 aliphatic heterocycles. The molecule has 2 aromatic carbocycles. The van der Waals surface area contributed by atoms with Gasteiger partial charge in [0.1, 0.15) is 11.5 Å². The van der Waals surface area contributed by atoms with E-state index in [0.717, 1.165) is 30.0 Å². The van der Waals surface area contributed by atoms with E-state index in [1.54, 1.807) is 6.07 Å². The summed E-state index contributed by atoms with van der Waals surface area (Å²) < 4.78 is 5.52. The zero-order chi connectivity index (χ0) is 13.5. The van der Waals surface area contributed by atoms with Crippen molar-refractivity contribution in [3.8, 4) is 11.5 Å². The predicted molar refractivity (Wildman–Crippen MR) is 77.7 cm³/mol. The van der Waals surface area contributed by atoms with Gasteiger partial charge in [0.2, 0.25) is 0 Å². The average molecular weight is 257 g/mol. The van der Waals surface area contributed by atoms with E-state index in [-0.39, 0.29) is 0 Å². The Labute approximate surface area is 113 Å². The fraction of sp³-hybridized carbons (Fsp3) is 0.250. The van der Waals surface area contributed by atoms with Gasteiger partial charge >= 0.3 is 0 Å². The van der Waals surface area contributed by atoms with E-state index in [2.05, 4.69) is 12.2 Å². The molecule has 0 amide bonds. The third kappa shape index (κ3) is 3.91. The summed E-state index contributed by atoms with van der Waals surface area (Å²) in [5.74, 6) is 1.20. The molecular weight excluding hydrogens is 238 g/mol. The van der Waals surface area contributed by atoms with Crippen LogP contribution in [0, 0.1) is 0 Å². The Kier molecular flexibility index (Phi) is 4.67. The molecule has 0 saturated carbocycles. The van der Waals surface area contributed by atoms with Crippen molar-refractivity contribution in [3.63, 3.8) is 0 Å². The number of anilines is 1. The molecule has 3 nitrogen and oxygen atoms in total. The van der Waals surface area contributed by atoms with E-state index in [0.29, 0.717) is 12.3 Å². The highest BCUT2D eigenvalue weighted by molar-refractivity contribution is 5.47. The molecule has 0 spiro atoms. The van der Waals surface area contributed by atoms with Crippen molar-refractivity contribution in [2.24, 2.45) is 0 Å². The van der Waals surface area contributed by atoms with Crippen LogP contribution in [-0.2, 0) is 6.54 Å². The normalized spacial score (nSPS) is 10.2. The van der Waals surface area contributed by atoms with Gasteiger partial charge in [-0.1, -0.05) is 25.1 Å². The number of phenolic OH excluding ortho intramolecular Hbond substituents is 1. The summed E-state index contributed by atoms with van der Waals surface area (Å²) in [7, 11) is 0. The van der Waals surface area contributed by atoms with E-state index in [4.69, 9.17) is 4.74 Å². The number of aromatic hydroxyl groups is 1. The highest BCUT2D eigenvalue weighted by atomic mass is 16.5. The minimum absolute atomic E-state index is 0.317. The van der Waals surface area contributed by atoms with Gasteiger partial charge in [-0.05, 0) is 36.8 Å². The van der Waals surface area contributed by atoms with Crippen molar-refractivity contribution < 1.29 is 9.84 Å². The van der Waals surface area contributed by atoms with Gasteiger partial charge in [0, 0.05) is 17.8 Å². The fourth-order valence-corrected chi connectivity index (χ4v) is 1.75. The summed E-state index contributed by atoms with van der Waals surface area (Å²) in [6.45, 7) is 3.43. The van der Waals surface area contributed by atoms with E-state index >= 15 is 0 Å². The second-order valence-electron chi connectivity index (χ2n) is 4.36. The number of rotatable bonds is 6. The number of nitrogens with one attached hydrogen (secondary N) is 1. The highest BCUT2D eigenvalue weighted by Crippen LogP contribution is 2.19. The molecule has 0 aliphatic rings. The molecule has 0 saturated heterocycles. The van der Waals surface area contributed by atoms with Crippen molar-refractivity contribution >= 4 is 5.69 Å². The largest absolute Gasteiger partial charge is 0.508 e. The maximum atomic E-state index is 9.67. The lowest BCUT2D eigenvalue weighted by molar-refractivity contribution is 0.317. The molecule has 0 atom stereocenters. The number of hydrogen-bond acceptors (Lipinski definition) is 3. The molecular formula is C16H19NO2. The smallest absolute Gasteiger partial charge is 0.120 e. The van der Waals surface area contributed by atoms with Crippen molar-refractivity contribution in [2.75, 3.05) is 11.9 Å². The summed E-state index contributed by atoms with van der Waals surface area (Å²) in [6, 6.07) is 15.2. The van der Waals surface area contributed by atoms with Gasteiger partial charge in [0.05, 0.1) is 6.61 Å². The van der Waals surface area contributed by atoms with E-state index in [1.807, 2.05) is 42.5 Å². The topological polar surface area (TPSA) is 41.5 Å². The molecule has 0 bridgehead atoms. The van der Waals surface area contributed by atoms with Gasteiger partial charge in [-0.25, -0.2) is 0 Å². The molecule has 2 aromatic rings. The number of ether oxygens (including phenoxy) is 1. The van der Waals surface area contributed by atoms with E-state index in [9.17, 15) is 5.11 Å². The summed E-state index contributed by atoms with van der Waals surface area (Å²) >= 11 is 0. The number of para-hydroxylation sites is 1. The number of benzene rings is 2. The maximum Gasteiger partial charge on any atom is 0.120 e. The van der Waals surface area contributed by atoms with Crippen LogP contribution in [0.4, 0.5) is 5.69 Å². The summed E-state index contributed by atoms with van der Waals surface area (Å²) in [5.41, 5.74) is 1.89. The van der Waals surface area contributed by atoms with Crippen LogP contribution >= 0.6 is 0 Å². The predicted octanol–water partition coefficient (Wildman–Crippen LogP) is 3.79.